The first-order valence-corrected chi connectivity index (χ1v) is 7.75. The van der Waals surface area contributed by atoms with Crippen molar-refractivity contribution in [3.8, 4) is 5.75 Å². The fourth-order valence-corrected chi connectivity index (χ4v) is 2.15. The molecule has 0 aliphatic heterocycles. The standard InChI is InChI=1S/C16H24ClN3O3/c1-12(21)20(10-9-19(2)3)8-7-16(22)18-14-11-13(17)5-6-15(14)23-4/h5-6,11H,7-10H2,1-4H3,(H,18,22). The zero-order valence-electron chi connectivity index (χ0n) is 14.1. The third-order valence-corrected chi connectivity index (χ3v) is 3.54. The van der Waals surface area contributed by atoms with Crippen molar-refractivity contribution in [2.45, 2.75) is 13.3 Å². The van der Waals surface area contributed by atoms with Gasteiger partial charge in [-0.25, -0.2) is 0 Å². The van der Waals surface area contributed by atoms with E-state index in [9.17, 15) is 9.59 Å². The molecule has 0 unspecified atom stereocenters. The van der Waals surface area contributed by atoms with E-state index >= 15 is 0 Å². The van der Waals surface area contributed by atoms with Crippen molar-refractivity contribution in [1.29, 1.82) is 0 Å². The van der Waals surface area contributed by atoms with E-state index in [-0.39, 0.29) is 18.2 Å². The summed E-state index contributed by atoms with van der Waals surface area (Å²) in [5.74, 6) is 0.306. The first-order chi connectivity index (χ1) is 10.8. The predicted octanol–water partition coefficient (Wildman–Crippen LogP) is 2.09. The average Bonchev–Trinajstić information content (AvgIpc) is 2.46. The smallest absolute Gasteiger partial charge is 0.226 e. The Morgan fingerprint density at radius 3 is 2.48 bits per heavy atom. The molecule has 0 spiro atoms. The second kappa shape index (κ2) is 9.37. The molecular formula is C16H24ClN3O3. The number of hydrogen-bond acceptors (Lipinski definition) is 4. The topological polar surface area (TPSA) is 61.9 Å². The van der Waals surface area contributed by atoms with Crippen LogP contribution in [0.4, 0.5) is 5.69 Å². The van der Waals surface area contributed by atoms with Gasteiger partial charge in [-0.15, -0.1) is 0 Å². The number of methoxy groups -OCH3 is 1. The quantitative estimate of drug-likeness (QED) is 0.786. The van der Waals surface area contributed by atoms with Crippen LogP contribution in [-0.4, -0.2) is 62.5 Å². The van der Waals surface area contributed by atoms with E-state index in [2.05, 4.69) is 5.32 Å². The van der Waals surface area contributed by atoms with Gasteiger partial charge < -0.3 is 19.9 Å². The Morgan fingerprint density at radius 1 is 1.22 bits per heavy atom. The van der Waals surface area contributed by atoms with E-state index in [1.54, 1.807) is 23.1 Å². The summed E-state index contributed by atoms with van der Waals surface area (Å²) >= 11 is 5.93. The third-order valence-electron chi connectivity index (χ3n) is 3.31. The summed E-state index contributed by atoms with van der Waals surface area (Å²) in [5, 5.41) is 3.28. The van der Waals surface area contributed by atoms with E-state index in [1.807, 2.05) is 19.0 Å². The van der Waals surface area contributed by atoms with Crippen molar-refractivity contribution in [1.82, 2.24) is 9.80 Å². The maximum Gasteiger partial charge on any atom is 0.226 e. The zero-order chi connectivity index (χ0) is 17.4. The van der Waals surface area contributed by atoms with Gasteiger partial charge in [-0.3, -0.25) is 9.59 Å². The molecule has 0 fully saturated rings. The second-order valence-corrected chi connectivity index (χ2v) is 5.89. The number of ether oxygens (including phenoxy) is 1. The highest BCUT2D eigenvalue weighted by Gasteiger charge is 2.13. The largest absolute Gasteiger partial charge is 0.495 e. The van der Waals surface area contributed by atoms with Gasteiger partial charge in [0.15, 0.2) is 0 Å². The summed E-state index contributed by atoms with van der Waals surface area (Å²) in [7, 11) is 5.41. The van der Waals surface area contributed by atoms with Crippen molar-refractivity contribution in [3.63, 3.8) is 0 Å². The van der Waals surface area contributed by atoms with Crippen LogP contribution in [0, 0.1) is 0 Å². The number of carbonyl (C=O) groups excluding carboxylic acids is 2. The summed E-state index contributed by atoms with van der Waals surface area (Å²) in [4.78, 5) is 27.4. The number of carbonyl (C=O) groups is 2. The Bertz CT molecular complexity index is 549. The number of likely N-dealkylation sites (N-methyl/N-ethyl adjacent to an activating group) is 1. The van der Waals surface area contributed by atoms with Crippen molar-refractivity contribution < 1.29 is 14.3 Å². The van der Waals surface area contributed by atoms with Gasteiger partial charge in [-0.05, 0) is 32.3 Å². The molecule has 0 radical (unpaired) electrons. The van der Waals surface area contributed by atoms with Crippen LogP contribution in [0.1, 0.15) is 13.3 Å². The summed E-state index contributed by atoms with van der Waals surface area (Å²) in [5.41, 5.74) is 0.521. The predicted molar refractivity (Wildman–Crippen MR) is 92.1 cm³/mol. The highest BCUT2D eigenvalue weighted by Crippen LogP contribution is 2.27. The molecule has 1 aromatic carbocycles. The molecule has 0 aromatic heterocycles. The monoisotopic (exact) mass is 341 g/mol. The summed E-state index contributed by atoms with van der Waals surface area (Å²) in [6, 6.07) is 5.01. The number of halogens is 1. The van der Waals surface area contributed by atoms with Crippen LogP contribution >= 0.6 is 11.6 Å². The van der Waals surface area contributed by atoms with Gasteiger partial charge in [-0.1, -0.05) is 11.6 Å². The molecule has 7 heteroatoms. The molecule has 2 amide bonds. The van der Waals surface area contributed by atoms with Gasteiger partial charge in [0.2, 0.25) is 11.8 Å². The minimum atomic E-state index is -0.193. The third kappa shape index (κ3) is 6.88. The minimum Gasteiger partial charge on any atom is -0.495 e. The average molecular weight is 342 g/mol. The van der Waals surface area contributed by atoms with Crippen LogP contribution in [0.15, 0.2) is 18.2 Å². The fourth-order valence-electron chi connectivity index (χ4n) is 1.97. The highest BCUT2D eigenvalue weighted by atomic mass is 35.5. The Kier molecular flexibility index (Phi) is 7.85. The van der Waals surface area contributed by atoms with Crippen LogP contribution in [0.5, 0.6) is 5.75 Å². The van der Waals surface area contributed by atoms with Crippen LogP contribution in [0.25, 0.3) is 0 Å². The van der Waals surface area contributed by atoms with Crippen molar-refractivity contribution in [2.24, 2.45) is 0 Å². The molecular weight excluding hydrogens is 318 g/mol. The lowest BCUT2D eigenvalue weighted by molar-refractivity contribution is -0.129. The molecule has 0 saturated heterocycles. The van der Waals surface area contributed by atoms with E-state index in [1.165, 1.54) is 14.0 Å². The molecule has 1 N–H and O–H groups in total. The first-order valence-electron chi connectivity index (χ1n) is 7.37. The Morgan fingerprint density at radius 2 is 1.91 bits per heavy atom. The maximum absolute atomic E-state index is 12.1. The van der Waals surface area contributed by atoms with Gasteiger partial charge in [0, 0.05) is 38.0 Å². The number of hydrogen-bond donors (Lipinski definition) is 1. The van der Waals surface area contributed by atoms with E-state index in [4.69, 9.17) is 16.3 Å². The van der Waals surface area contributed by atoms with Crippen LogP contribution < -0.4 is 10.1 Å². The molecule has 0 atom stereocenters. The summed E-state index contributed by atoms with van der Waals surface area (Å²) in [6.45, 7) is 3.23. The van der Waals surface area contributed by atoms with Crippen LogP contribution in [0.2, 0.25) is 5.02 Å². The SMILES string of the molecule is COc1ccc(Cl)cc1NC(=O)CCN(CCN(C)C)C(C)=O. The van der Waals surface area contributed by atoms with Gasteiger partial charge >= 0.3 is 0 Å². The molecule has 0 saturated carbocycles. The number of rotatable bonds is 8. The molecule has 128 valence electrons. The molecule has 1 rings (SSSR count). The van der Waals surface area contributed by atoms with Gasteiger partial charge in [-0.2, -0.15) is 0 Å². The Labute approximate surface area is 142 Å². The van der Waals surface area contributed by atoms with E-state index < -0.39 is 0 Å². The fraction of sp³-hybridized carbons (Fsp3) is 0.500. The molecule has 6 nitrogen and oxygen atoms in total. The Balaban J connectivity index is 2.58. The van der Waals surface area contributed by atoms with Crippen LogP contribution in [0.3, 0.4) is 0 Å². The lowest BCUT2D eigenvalue weighted by atomic mass is 10.2. The maximum atomic E-state index is 12.1. The van der Waals surface area contributed by atoms with E-state index in [0.717, 1.165) is 6.54 Å². The van der Waals surface area contributed by atoms with Crippen molar-refractivity contribution in [3.05, 3.63) is 23.2 Å². The number of nitrogens with one attached hydrogen (secondary N) is 1. The molecule has 1 aromatic rings. The highest BCUT2D eigenvalue weighted by molar-refractivity contribution is 6.31. The lowest BCUT2D eigenvalue weighted by Crippen LogP contribution is -2.37. The normalized spacial score (nSPS) is 10.5. The van der Waals surface area contributed by atoms with Gasteiger partial charge in [0.1, 0.15) is 5.75 Å². The Hall–Kier alpha value is -1.79. The number of nitrogens with zero attached hydrogens (tertiary/aromatic N) is 2. The van der Waals surface area contributed by atoms with Gasteiger partial charge in [0.05, 0.1) is 12.8 Å². The molecule has 0 heterocycles. The number of benzene rings is 1. The van der Waals surface area contributed by atoms with Gasteiger partial charge in [0.25, 0.3) is 0 Å². The molecule has 0 aliphatic carbocycles. The number of anilines is 1. The van der Waals surface area contributed by atoms with Crippen molar-refractivity contribution >= 4 is 29.1 Å². The minimum absolute atomic E-state index is 0.0417. The lowest BCUT2D eigenvalue weighted by Gasteiger charge is -2.22. The zero-order valence-corrected chi connectivity index (χ0v) is 14.8. The molecule has 23 heavy (non-hydrogen) atoms. The van der Waals surface area contributed by atoms with E-state index in [0.29, 0.717) is 29.5 Å². The molecule has 0 bridgehead atoms. The second-order valence-electron chi connectivity index (χ2n) is 5.45. The first kappa shape index (κ1) is 19.3. The summed E-state index contributed by atoms with van der Waals surface area (Å²) in [6.07, 6.45) is 0.211. The number of amides is 2. The summed E-state index contributed by atoms with van der Waals surface area (Å²) < 4.78 is 5.19. The van der Waals surface area contributed by atoms with Crippen LogP contribution in [-0.2, 0) is 9.59 Å². The molecule has 0 aliphatic rings. The van der Waals surface area contributed by atoms with Crippen molar-refractivity contribution in [2.75, 3.05) is 46.2 Å².